The van der Waals surface area contributed by atoms with E-state index in [-0.39, 0.29) is 10.8 Å². The molecule has 0 radical (unpaired) electrons. The zero-order valence-electron chi connectivity index (χ0n) is 17.0. The molecule has 0 fully saturated rings. The smallest absolute Gasteiger partial charge is 0.264 e. The molecule has 0 saturated carbocycles. The van der Waals surface area contributed by atoms with Crippen molar-refractivity contribution in [2.45, 2.75) is 18.4 Å². The first-order valence-electron chi connectivity index (χ1n) is 9.23. The molecule has 156 valence electrons. The number of ether oxygens (including phenoxy) is 1. The highest BCUT2D eigenvalue weighted by Crippen LogP contribution is 2.27. The number of sulfonamides is 1. The van der Waals surface area contributed by atoms with Crippen LogP contribution in [0.25, 0.3) is 0 Å². The highest BCUT2D eigenvalue weighted by atomic mass is 32.2. The predicted octanol–water partition coefficient (Wildman–Crippen LogP) is 3.15. The minimum Gasteiger partial charge on any atom is -0.497 e. The summed E-state index contributed by atoms with van der Waals surface area (Å²) in [4.78, 5) is 16.6. The standard InChI is InChI=1S/C22H23N3O4S/c1-16-14-18(22(26)24-15-17-10-12-23-13-11-17)4-9-21(16)25(2)30(27,28)20-7-5-19(29-3)6-8-20/h4-14H,15H2,1-3H3,(H,24,26). The quantitative estimate of drug-likeness (QED) is 0.628. The molecule has 0 bridgehead atoms. The monoisotopic (exact) mass is 425 g/mol. The number of aryl methyl sites for hydroxylation is 1. The number of pyridine rings is 1. The number of carbonyl (C=O) groups excluding carboxylic acids is 1. The summed E-state index contributed by atoms with van der Waals surface area (Å²) in [5, 5.41) is 2.85. The average molecular weight is 426 g/mol. The fourth-order valence-electron chi connectivity index (χ4n) is 2.97. The van der Waals surface area contributed by atoms with Gasteiger partial charge in [-0.2, -0.15) is 0 Å². The minimum atomic E-state index is -3.75. The number of hydrogen-bond acceptors (Lipinski definition) is 5. The Bertz CT molecular complexity index is 1130. The van der Waals surface area contributed by atoms with Gasteiger partial charge in [-0.3, -0.25) is 14.1 Å². The number of nitrogens with zero attached hydrogens (tertiary/aromatic N) is 2. The first-order chi connectivity index (χ1) is 14.3. The molecular formula is C22H23N3O4S. The van der Waals surface area contributed by atoms with Crippen molar-refractivity contribution in [2.24, 2.45) is 0 Å². The highest BCUT2D eigenvalue weighted by Gasteiger charge is 2.23. The van der Waals surface area contributed by atoms with Crippen LogP contribution in [0, 0.1) is 6.92 Å². The van der Waals surface area contributed by atoms with E-state index in [9.17, 15) is 13.2 Å². The van der Waals surface area contributed by atoms with Gasteiger partial charge in [0.2, 0.25) is 0 Å². The van der Waals surface area contributed by atoms with Gasteiger partial charge in [0, 0.05) is 31.5 Å². The van der Waals surface area contributed by atoms with Gasteiger partial charge in [-0.05, 0) is 72.6 Å². The fraction of sp³-hybridized carbons (Fsp3) is 0.182. The molecule has 8 heteroatoms. The van der Waals surface area contributed by atoms with Crippen molar-refractivity contribution in [3.05, 3.63) is 83.7 Å². The van der Waals surface area contributed by atoms with Crippen LogP contribution in [0.15, 0.2) is 71.9 Å². The second-order valence-electron chi connectivity index (χ2n) is 6.69. The Morgan fingerprint density at radius 2 is 1.73 bits per heavy atom. The lowest BCUT2D eigenvalue weighted by Crippen LogP contribution is -2.27. The zero-order valence-corrected chi connectivity index (χ0v) is 17.8. The molecule has 1 heterocycles. The molecule has 7 nitrogen and oxygen atoms in total. The topological polar surface area (TPSA) is 88.6 Å². The molecule has 0 spiro atoms. The number of nitrogens with one attached hydrogen (secondary N) is 1. The van der Waals surface area contributed by atoms with Gasteiger partial charge in [0.25, 0.3) is 15.9 Å². The first kappa shape index (κ1) is 21.3. The molecule has 3 aromatic rings. The molecule has 3 rings (SSSR count). The van der Waals surface area contributed by atoms with Crippen LogP contribution in [0.2, 0.25) is 0 Å². The van der Waals surface area contributed by atoms with Gasteiger partial charge in [-0.25, -0.2) is 8.42 Å². The summed E-state index contributed by atoms with van der Waals surface area (Å²) in [6.07, 6.45) is 3.33. The molecular weight excluding hydrogens is 402 g/mol. The van der Waals surface area contributed by atoms with E-state index >= 15 is 0 Å². The number of rotatable bonds is 7. The Balaban J connectivity index is 1.77. The van der Waals surface area contributed by atoms with E-state index in [0.717, 1.165) is 5.56 Å². The van der Waals surface area contributed by atoms with Gasteiger partial charge >= 0.3 is 0 Å². The Labute approximate surface area is 176 Å². The first-order valence-corrected chi connectivity index (χ1v) is 10.7. The number of hydrogen-bond donors (Lipinski definition) is 1. The van der Waals surface area contributed by atoms with Crippen molar-refractivity contribution in [3.63, 3.8) is 0 Å². The molecule has 0 aliphatic carbocycles. The van der Waals surface area contributed by atoms with Gasteiger partial charge < -0.3 is 10.1 Å². The number of methoxy groups -OCH3 is 1. The van der Waals surface area contributed by atoms with E-state index in [1.807, 2.05) is 12.1 Å². The van der Waals surface area contributed by atoms with Crippen molar-refractivity contribution < 1.29 is 17.9 Å². The summed E-state index contributed by atoms with van der Waals surface area (Å²) >= 11 is 0. The van der Waals surface area contributed by atoms with Crippen LogP contribution in [0.4, 0.5) is 5.69 Å². The van der Waals surface area contributed by atoms with Crippen LogP contribution < -0.4 is 14.4 Å². The maximum Gasteiger partial charge on any atom is 0.264 e. The van der Waals surface area contributed by atoms with Crippen molar-refractivity contribution in [1.82, 2.24) is 10.3 Å². The second-order valence-corrected chi connectivity index (χ2v) is 8.66. The summed E-state index contributed by atoms with van der Waals surface area (Å²) < 4.78 is 32.2. The average Bonchev–Trinajstić information content (AvgIpc) is 2.77. The summed E-state index contributed by atoms with van der Waals surface area (Å²) in [6.45, 7) is 2.16. The van der Waals surface area contributed by atoms with Gasteiger partial charge in [-0.15, -0.1) is 0 Å². The third kappa shape index (κ3) is 4.60. The van der Waals surface area contributed by atoms with Gasteiger partial charge in [0.1, 0.15) is 5.75 Å². The maximum atomic E-state index is 13.0. The lowest BCUT2D eigenvalue weighted by molar-refractivity contribution is 0.0951. The molecule has 1 amide bonds. The summed E-state index contributed by atoms with van der Waals surface area (Å²) in [7, 11) is -0.735. The zero-order chi connectivity index (χ0) is 21.7. The molecule has 0 unspecified atom stereocenters. The van der Waals surface area contributed by atoms with Gasteiger partial charge in [0.15, 0.2) is 0 Å². The number of amides is 1. The Hall–Kier alpha value is -3.39. The van der Waals surface area contributed by atoms with Crippen LogP contribution in [0.5, 0.6) is 5.75 Å². The van der Waals surface area contributed by atoms with Crippen LogP contribution in [-0.4, -0.2) is 33.5 Å². The van der Waals surface area contributed by atoms with E-state index in [2.05, 4.69) is 10.3 Å². The third-order valence-electron chi connectivity index (χ3n) is 4.72. The number of anilines is 1. The second kappa shape index (κ2) is 8.96. The van der Waals surface area contributed by atoms with E-state index in [1.54, 1.807) is 49.6 Å². The van der Waals surface area contributed by atoms with Crippen molar-refractivity contribution in [3.8, 4) is 5.75 Å². The predicted molar refractivity (Wildman–Crippen MR) is 115 cm³/mol. The normalized spacial score (nSPS) is 11.0. The molecule has 30 heavy (non-hydrogen) atoms. The van der Waals surface area contributed by atoms with E-state index in [1.165, 1.54) is 30.6 Å². The molecule has 0 saturated heterocycles. The van der Waals surface area contributed by atoms with E-state index in [4.69, 9.17) is 4.74 Å². The van der Waals surface area contributed by atoms with Crippen LogP contribution >= 0.6 is 0 Å². The molecule has 1 N–H and O–H groups in total. The highest BCUT2D eigenvalue weighted by molar-refractivity contribution is 7.92. The third-order valence-corrected chi connectivity index (χ3v) is 6.50. The summed E-state index contributed by atoms with van der Waals surface area (Å²) in [5.74, 6) is 0.344. The number of benzene rings is 2. The van der Waals surface area contributed by atoms with Crippen LogP contribution in [0.3, 0.4) is 0 Å². The summed E-state index contributed by atoms with van der Waals surface area (Å²) in [6, 6.07) is 14.8. The maximum absolute atomic E-state index is 13.0. The van der Waals surface area contributed by atoms with Gasteiger partial charge in [0.05, 0.1) is 17.7 Å². The number of carbonyl (C=O) groups is 1. The Morgan fingerprint density at radius 1 is 1.07 bits per heavy atom. The van der Waals surface area contributed by atoms with Crippen LogP contribution in [-0.2, 0) is 16.6 Å². The van der Waals surface area contributed by atoms with Crippen molar-refractivity contribution in [2.75, 3.05) is 18.5 Å². The summed E-state index contributed by atoms with van der Waals surface area (Å²) in [5.41, 5.74) is 2.57. The van der Waals surface area contributed by atoms with Crippen molar-refractivity contribution in [1.29, 1.82) is 0 Å². The number of aromatic nitrogens is 1. The lowest BCUT2D eigenvalue weighted by atomic mass is 10.1. The Kier molecular flexibility index (Phi) is 6.37. The Morgan fingerprint density at radius 3 is 2.33 bits per heavy atom. The minimum absolute atomic E-state index is 0.157. The van der Waals surface area contributed by atoms with E-state index in [0.29, 0.717) is 29.1 Å². The van der Waals surface area contributed by atoms with E-state index < -0.39 is 10.0 Å². The lowest BCUT2D eigenvalue weighted by Gasteiger charge is -2.22. The van der Waals surface area contributed by atoms with Crippen molar-refractivity contribution >= 4 is 21.6 Å². The van der Waals surface area contributed by atoms with Gasteiger partial charge in [-0.1, -0.05) is 0 Å². The molecule has 2 aromatic carbocycles. The molecule has 1 aromatic heterocycles. The molecule has 0 aliphatic heterocycles. The molecule has 0 atom stereocenters. The largest absolute Gasteiger partial charge is 0.497 e. The molecule has 0 aliphatic rings. The SMILES string of the molecule is COc1ccc(S(=O)(=O)N(C)c2ccc(C(=O)NCc3ccncc3)cc2C)cc1. The fourth-order valence-corrected chi connectivity index (χ4v) is 4.23. The van der Waals surface area contributed by atoms with Crippen LogP contribution in [0.1, 0.15) is 21.5 Å².